The number of aryl methyl sites for hydroxylation is 2. The van der Waals surface area contributed by atoms with Crippen LogP contribution in [0, 0.1) is 13.8 Å². The van der Waals surface area contributed by atoms with Crippen LogP contribution in [0.2, 0.25) is 0 Å². The van der Waals surface area contributed by atoms with Gasteiger partial charge in [0.15, 0.2) is 11.4 Å². The van der Waals surface area contributed by atoms with Gasteiger partial charge in [0, 0.05) is 17.5 Å². The first kappa shape index (κ1) is 16.8. The molecule has 0 aliphatic heterocycles. The average Bonchev–Trinajstić information content (AvgIpc) is 3.25. The van der Waals surface area contributed by atoms with Gasteiger partial charge in [-0.1, -0.05) is 17.3 Å². The Morgan fingerprint density at radius 2 is 2.07 bits per heavy atom. The van der Waals surface area contributed by atoms with Crippen LogP contribution >= 0.6 is 0 Å². The van der Waals surface area contributed by atoms with E-state index < -0.39 is 6.09 Å². The molecule has 2 N–H and O–H groups in total. The molecule has 1 aromatic carbocycles. The highest BCUT2D eigenvalue weighted by atomic mass is 16.5. The zero-order chi connectivity index (χ0) is 19.0. The number of rotatable bonds is 3. The summed E-state index contributed by atoms with van der Waals surface area (Å²) >= 11 is 0. The van der Waals surface area contributed by atoms with Crippen molar-refractivity contribution in [2.45, 2.75) is 13.8 Å². The maximum absolute atomic E-state index is 11.4. The van der Waals surface area contributed by atoms with Crippen LogP contribution in [0.25, 0.3) is 33.5 Å². The maximum Gasteiger partial charge on any atom is 0.412 e. The number of anilines is 1. The monoisotopic (exact) mass is 363 g/mol. The summed E-state index contributed by atoms with van der Waals surface area (Å²) in [7, 11) is 1.29. The molecule has 0 radical (unpaired) electrons. The van der Waals surface area contributed by atoms with Crippen molar-refractivity contribution < 1.29 is 14.1 Å². The van der Waals surface area contributed by atoms with Gasteiger partial charge >= 0.3 is 6.09 Å². The number of fused-ring (bicyclic) bond motifs is 1. The van der Waals surface area contributed by atoms with Gasteiger partial charge in [-0.3, -0.25) is 15.4 Å². The Morgan fingerprint density at radius 1 is 1.22 bits per heavy atom. The Labute approximate surface area is 154 Å². The Morgan fingerprint density at radius 3 is 2.85 bits per heavy atom. The second kappa shape index (κ2) is 6.56. The summed E-state index contributed by atoms with van der Waals surface area (Å²) < 4.78 is 9.97. The van der Waals surface area contributed by atoms with Crippen molar-refractivity contribution in [3.63, 3.8) is 0 Å². The van der Waals surface area contributed by atoms with Gasteiger partial charge in [0.25, 0.3) is 0 Å². The van der Waals surface area contributed by atoms with Crippen molar-refractivity contribution in [2.24, 2.45) is 0 Å². The number of benzene rings is 1. The molecule has 27 heavy (non-hydrogen) atoms. The van der Waals surface area contributed by atoms with E-state index in [-0.39, 0.29) is 0 Å². The smallest absolute Gasteiger partial charge is 0.412 e. The molecule has 0 fully saturated rings. The first-order valence-corrected chi connectivity index (χ1v) is 8.30. The first-order chi connectivity index (χ1) is 13.1. The van der Waals surface area contributed by atoms with Gasteiger partial charge in [-0.15, -0.1) is 0 Å². The molecule has 4 aromatic rings. The molecule has 1 amide bonds. The number of hydrogen-bond donors (Lipinski definition) is 2. The molecule has 8 nitrogen and oxygen atoms in total. The Bertz CT molecular complexity index is 1150. The number of carbonyl (C=O) groups is 1. The average molecular weight is 363 g/mol. The van der Waals surface area contributed by atoms with E-state index in [0.29, 0.717) is 16.8 Å². The molecule has 136 valence electrons. The molecule has 3 aromatic heterocycles. The summed E-state index contributed by atoms with van der Waals surface area (Å²) in [4.78, 5) is 15.9. The first-order valence-electron chi connectivity index (χ1n) is 8.30. The van der Waals surface area contributed by atoms with Crippen LogP contribution < -0.4 is 5.32 Å². The predicted molar refractivity (Wildman–Crippen MR) is 100 cm³/mol. The second-order valence-corrected chi connectivity index (χ2v) is 6.10. The summed E-state index contributed by atoms with van der Waals surface area (Å²) in [5, 5.41) is 14.6. The fourth-order valence-corrected chi connectivity index (χ4v) is 3.02. The molecular formula is C19H17N5O3. The van der Waals surface area contributed by atoms with Crippen LogP contribution in [0.3, 0.4) is 0 Å². The SMILES string of the molecule is COC(=O)Nc1noc2cc(-c3c(-c4ncccc4C)n[nH]c3C)ccc12. The van der Waals surface area contributed by atoms with E-state index in [1.165, 1.54) is 7.11 Å². The van der Waals surface area contributed by atoms with Crippen LogP contribution in [-0.2, 0) is 4.74 Å². The lowest BCUT2D eigenvalue weighted by atomic mass is 9.99. The highest BCUT2D eigenvalue weighted by Gasteiger charge is 2.19. The molecule has 4 rings (SSSR count). The van der Waals surface area contributed by atoms with Crippen molar-refractivity contribution in [1.82, 2.24) is 20.3 Å². The number of amides is 1. The number of nitrogens with zero attached hydrogens (tertiary/aromatic N) is 3. The number of carbonyl (C=O) groups excluding carboxylic acids is 1. The minimum Gasteiger partial charge on any atom is -0.453 e. The Hall–Kier alpha value is -3.68. The van der Waals surface area contributed by atoms with E-state index in [1.807, 2.05) is 44.2 Å². The minimum atomic E-state index is -0.604. The number of methoxy groups -OCH3 is 1. The van der Waals surface area contributed by atoms with Gasteiger partial charge in [0.2, 0.25) is 0 Å². The topological polar surface area (TPSA) is 106 Å². The summed E-state index contributed by atoms with van der Waals surface area (Å²) in [6, 6.07) is 9.54. The Balaban J connectivity index is 1.81. The van der Waals surface area contributed by atoms with E-state index >= 15 is 0 Å². The van der Waals surface area contributed by atoms with Gasteiger partial charge in [-0.2, -0.15) is 5.10 Å². The van der Waals surface area contributed by atoms with Crippen molar-refractivity contribution >= 4 is 22.9 Å². The molecule has 0 aliphatic carbocycles. The summed E-state index contributed by atoms with van der Waals surface area (Å²) in [5.41, 5.74) is 5.95. The molecule has 0 saturated heterocycles. The molecule has 0 aliphatic rings. The molecule has 0 atom stereocenters. The normalized spacial score (nSPS) is 10.9. The highest BCUT2D eigenvalue weighted by molar-refractivity contribution is 5.98. The summed E-state index contributed by atoms with van der Waals surface area (Å²) in [6.07, 6.45) is 1.15. The third kappa shape index (κ3) is 2.91. The third-order valence-corrected chi connectivity index (χ3v) is 4.35. The second-order valence-electron chi connectivity index (χ2n) is 6.10. The fourth-order valence-electron chi connectivity index (χ4n) is 3.02. The van der Waals surface area contributed by atoms with Crippen LogP contribution in [0.1, 0.15) is 11.3 Å². The quantitative estimate of drug-likeness (QED) is 0.568. The standard InChI is InChI=1S/C19H17N5O3/c1-10-5-4-8-20-16(10)17-15(11(2)22-23-17)12-6-7-13-14(9-12)27-24-18(13)21-19(25)26-3/h4-9H,1-3H3,(H,22,23)(H,21,24,25). The lowest BCUT2D eigenvalue weighted by Crippen LogP contribution is -2.11. The van der Waals surface area contributed by atoms with E-state index in [9.17, 15) is 4.79 Å². The number of pyridine rings is 1. The largest absolute Gasteiger partial charge is 0.453 e. The van der Waals surface area contributed by atoms with Gasteiger partial charge in [-0.25, -0.2) is 4.79 Å². The zero-order valence-electron chi connectivity index (χ0n) is 15.0. The third-order valence-electron chi connectivity index (χ3n) is 4.35. The van der Waals surface area contributed by atoms with Crippen LogP contribution in [0.15, 0.2) is 41.1 Å². The molecule has 0 saturated carbocycles. The van der Waals surface area contributed by atoms with Crippen LogP contribution in [-0.4, -0.2) is 33.5 Å². The molecule has 0 unspecified atom stereocenters. The zero-order valence-corrected chi connectivity index (χ0v) is 15.0. The van der Waals surface area contributed by atoms with Crippen LogP contribution in [0.5, 0.6) is 0 Å². The van der Waals surface area contributed by atoms with E-state index in [0.717, 1.165) is 33.8 Å². The molecular weight excluding hydrogens is 346 g/mol. The minimum absolute atomic E-state index is 0.313. The van der Waals surface area contributed by atoms with Crippen molar-refractivity contribution in [2.75, 3.05) is 12.4 Å². The highest BCUT2D eigenvalue weighted by Crippen LogP contribution is 2.35. The van der Waals surface area contributed by atoms with Gasteiger partial charge in [-0.05, 0) is 43.2 Å². The number of nitrogens with one attached hydrogen (secondary N) is 2. The molecule has 3 heterocycles. The number of ether oxygens (including phenoxy) is 1. The van der Waals surface area contributed by atoms with Crippen LogP contribution in [0.4, 0.5) is 10.6 Å². The molecule has 8 heteroatoms. The summed E-state index contributed by atoms with van der Waals surface area (Å²) in [5.74, 6) is 0.313. The molecule has 0 spiro atoms. The Kier molecular flexibility index (Phi) is 4.08. The fraction of sp³-hybridized carbons (Fsp3) is 0.158. The number of hydrogen-bond acceptors (Lipinski definition) is 6. The maximum atomic E-state index is 11.4. The summed E-state index contributed by atoms with van der Waals surface area (Å²) in [6.45, 7) is 3.96. The van der Waals surface area contributed by atoms with Crippen molar-refractivity contribution in [3.05, 3.63) is 47.8 Å². The van der Waals surface area contributed by atoms with E-state index in [2.05, 4.69) is 30.4 Å². The molecule has 0 bridgehead atoms. The van der Waals surface area contributed by atoms with E-state index in [4.69, 9.17) is 4.52 Å². The predicted octanol–water partition coefficient (Wildman–Crippen LogP) is 4.08. The number of aromatic amines is 1. The number of H-pyrrole nitrogens is 1. The lowest BCUT2D eigenvalue weighted by molar-refractivity contribution is 0.186. The van der Waals surface area contributed by atoms with Crippen molar-refractivity contribution in [1.29, 1.82) is 0 Å². The van der Waals surface area contributed by atoms with Crippen molar-refractivity contribution in [3.8, 4) is 22.5 Å². The number of aromatic nitrogens is 4. The van der Waals surface area contributed by atoms with E-state index in [1.54, 1.807) is 6.20 Å². The van der Waals surface area contributed by atoms with Gasteiger partial charge < -0.3 is 9.26 Å². The van der Waals surface area contributed by atoms with Gasteiger partial charge in [0.1, 0.15) is 5.69 Å². The van der Waals surface area contributed by atoms with Gasteiger partial charge in [0.05, 0.1) is 18.2 Å². The lowest BCUT2D eigenvalue weighted by Gasteiger charge is -2.06.